The minimum absolute atomic E-state index is 0. The molecule has 11 heteroatoms. The highest BCUT2D eigenvalue weighted by molar-refractivity contribution is 7.92. The van der Waals surface area contributed by atoms with Crippen LogP contribution < -0.4 is 24.7 Å². The average Bonchev–Trinajstić information content (AvgIpc) is 2.67. The van der Waals surface area contributed by atoms with Crippen LogP contribution in [-0.2, 0) is 16.4 Å². The molecule has 0 aromatic heterocycles. The first-order valence-corrected chi connectivity index (χ1v) is 11.5. The van der Waals surface area contributed by atoms with Crippen LogP contribution in [0.25, 0.3) is 0 Å². The first kappa shape index (κ1) is 27.0. The number of halogens is 2. The molecule has 2 rings (SSSR count). The van der Waals surface area contributed by atoms with Crippen molar-refractivity contribution in [2.75, 3.05) is 57.7 Å². The zero-order chi connectivity index (χ0) is 22.3. The van der Waals surface area contributed by atoms with Gasteiger partial charge in [0.1, 0.15) is 12.4 Å². The molecule has 174 valence electrons. The van der Waals surface area contributed by atoms with Crippen molar-refractivity contribution in [3.05, 3.63) is 40.9 Å². The van der Waals surface area contributed by atoms with Crippen LogP contribution in [0.2, 0.25) is 5.02 Å². The molecule has 0 heterocycles. The lowest BCUT2D eigenvalue weighted by molar-refractivity contribution is 0.239. The standard InChI is InChI=1S/C20H28ClN3O5S.ClH/c1-24(8-7-14-11-19(27-2)20(28-3)13-17(14)22)9-10-29-18-6-5-15(12-16(18)21)23-30(4,25)26;/h5-6,11-13,23H,7-10,22H2,1-4H3;1H. The van der Waals surface area contributed by atoms with Crippen molar-refractivity contribution in [1.82, 2.24) is 4.90 Å². The Morgan fingerprint density at radius 1 is 1.06 bits per heavy atom. The predicted molar refractivity (Wildman–Crippen MR) is 128 cm³/mol. The number of nitrogens with two attached hydrogens (primary N) is 1. The van der Waals surface area contributed by atoms with E-state index in [-0.39, 0.29) is 12.4 Å². The molecule has 8 nitrogen and oxygen atoms in total. The number of nitrogens with one attached hydrogen (secondary N) is 1. The lowest BCUT2D eigenvalue weighted by atomic mass is 10.1. The Morgan fingerprint density at radius 3 is 2.29 bits per heavy atom. The summed E-state index contributed by atoms with van der Waals surface area (Å²) in [5, 5.41) is 0.337. The molecule has 0 unspecified atom stereocenters. The van der Waals surface area contributed by atoms with Crippen LogP contribution in [0.3, 0.4) is 0 Å². The summed E-state index contributed by atoms with van der Waals surface area (Å²) < 4.78 is 41.3. The van der Waals surface area contributed by atoms with E-state index >= 15 is 0 Å². The molecule has 0 atom stereocenters. The minimum Gasteiger partial charge on any atom is -0.493 e. The summed E-state index contributed by atoms with van der Waals surface area (Å²) in [6.45, 7) is 1.87. The van der Waals surface area contributed by atoms with Crippen molar-refractivity contribution < 1.29 is 22.6 Å². The third-order valence-electron chi connectivity index (χ3n) is 4.37. The van der Waals surface area contributed by atoms with Crippen LogP contribution in [0.1, 0.15) is 5.56 Å². The van der Waals surface area contributed by atoms with E-state index in [0.717, 1.165) is 24.8 Å². The van der Waals surface area contributed by atoms with Gasteiger partial charge in [0.15, 0.2) is 11.5 Å². The molecule has 31 heavy (non-hydrogen) atoms. The third kappa shape index (κ3) is 8.53. The van der Waals surface area contributed by atoms with Gasteiger partial charge in [-0.1, -0.05) is 11.6 Å². The van der Waals surface area contributed by atoms with E-state index in [1.165, 1.54) is 6.07 Å². The fraction of sp³-hybridized carbons (Fsp3) is 0.400. The van der Waals surface area contributed by atoms with Crippen molar-refractivity contribution in [1.29, 1.82) is 0 Å². The van der Waals surface area contributed by atoms with E-state index in [4.69, 9.17) is 31.5 Å². The lowest BCUT2D eigenvalue weighted by Gasteiger charge is -2.19. The Hall–Kier alpha value is -2.07. The minimum atomic E-state index is -3.36. The van der Waals surface area contributed by atoms with Crippen molar-refractivity contribution >= 4 is 45.4 Å². The highest BCUT2D eigenvalue weighted by Gasteiger charge is 2.11. The molecule has 0 bridgehead atoms. The maximum Gasteiger partial charge on any atom is 0.229 e. The first-order valence-electron chi connectivity index (χ1n) is 9.22. The van der Waals surface area contributed by atoms with Crippen molar-refractivity contribution in [3.63, 3.8) is 0 Å². The number of ether oxygens (including phenoxy) is 3. The normalized spacial score (nSPS) is 11.0. The smallest absolute Gasteiger partial charge is 0.229 e. The van der Waals surface area contributed by atoms with E-state index in [0.29, 0.717) is 46.8 Å². The largest absolute Gasteiger partial charge is 0.493 e. The maximum absolute atomic E-state index is 11.3. The predicted octanol–water partition coefficient (Wildman–Crippen LogP) is 3.29. The molecule has 2 aromatic rings. The summed E-state index contributed by atoms with van der Waals surface area (Å²) in [6.07, 6.45) is 1.83. The average molecular weight is 494 g/mol. The van der Waals surface area contributed by atoms with Crippen LogP contribution in [0, 0.1) is 0 Å². The topological polar surface area (TPSA) is 103 Å². The molecule has 2 aromatic carbocycles. The number of sulfonamides is 1. The Bertz CT molecular complexity index is 974. The molecule has 0 spiro atoms. The van der Waals surface area contributed by atoms with Gasteiger partial charge in [0.05, 0.1) is 31.2 Å². The summed E-state index contributed by atoms with van der Waals surface area (Å²) in [4.78, 5) is 2.11. The monoisotopic (exact) mass is 493 g/mol. The van der Waals surface area contributed by atoms with Crippen LogP contribution in [0.15, 0.2) is 30.3 Å². The fourth-order valence-electron chi connectivity index (χ4n) is 2.78. The molecule has 0 aliphatic carbocycles. The van der Waals surface area contributed by atoms with Crippen LogP contribution in [0.4, 0.5) is 11.4 Å². The second-order valence-electron chi connectivity index (χ2n) is 6.83. The van der Waals surface area contributed by atoms with Gasteiger partial charge in [-0.15, -0.1) is 12.4 Å². The molecule has 3 N–H and O–H groups in total. The van der Waals surface area contributed by atoms with E-state index in [2.05, 4.69) is 9.62 Å². The van der Waals surface area contributed by atoms with Gasteiger partial charge in [-0.05, 0) is 43.3 Å². The number of anilines is 2. The van der Waals surface area contributed by atoms with Gasteiger partial charge < -0.3 is 24.8 Å². The summed E-state index contributed by atoms with van der Waals surface area (Å²) in [5.74, 6) is 1.75. The summed E-state index contributed by atoms with van der Waals surface area (Å²) in [7, 11) is 1.80. The second-order valence-corrected chi connectivity index (χ2v) is 8.98. The molecule has 0 radical (unpaired) electrons. The van der Waals surface area contributed by atoms with Gasteiger partial charge >= 0.3 is 0 Å². The highest BCUT2D eigenvalue weighted by atomic mass is 35.5. The Balaban J connectivity index is 0.00000480. The SMILES string of the molecule is COc1cc(N)c(CCN(C)CCOc2ccc(NS(C)(=O)=O)cc2Cl)cc1OC.Cl. The zero-order valence-corrected chi connectivity index (χ0v) is 20.4. The number of nitrogen functional groups attached to an aromatic ring is 1. The Kier molecular flexibility index (Phi) is 10.5. The first-order chi connectivity index (χ1) is 14.1. The van der Waals surface area contributed by atoms with E-state index < -0.39 is 10.0 Å². The van der Waals surface area contributed by atoms with E-state index in [1.54, 1.807) is 32.4 Å². The number of likely N-dealkylation sites (N-methyl/N-ethyl adjacent to an activating group) is 1. The number of benzene rings is 2. The Morgan fingerprint density at radius 2 is 1.71 bits per heavy atom. The van der Waals surface area contributed by atoms with Gasteiger partial charge in [-0.2, -0.15) is 0 Å². The lowest BCUT2D eigenvalue weighted by Crippen LogP contribution is -2.26. The molecule has 0 amide bonds. The quantitative estimate of drug-likeness (QED) is 0.462. The second kappa shape index (κ2) is 12.1. The van der Waals surface area contributed by atoms with Gasteiger partial charge in [-0.3, -0.25) is 4.72 Å². The molecule has 0 saturated carbocycles. The zero-order valence-electron chi connectivity index (χ0n) is 18.0. The highest BCUT2D eigenvalue weighted by Crippen LogP contribution is 2.32. The van der Waals surface area contributed by atoms with Gasteiger partial charge in [0.25, 0.3) is 0 Å². The van der Waals surface area contributed by atoms with Crippen molar-refractivity contribution in [2.45, 2.75) is 6.42 Å². The molecular weight excluding hydrogens is 465 g/mol. The number of nitrogens with zero attached hydrogens (tertiary/aromatic N) is 1. The van der Waals surface area contributed by atoms with Crippen molar-refractivity contribution in [2.24, 2.45) is 0 Å². The molecule has 0 aliphatic heterocycles. The summed E-state index contributed by atoms with van der Waals surface area (Å²) >= 11 is 6.18. The van der Waals surface area contributed by atoms with E-state index in [9.17, 15) is 8.42 Å². The third-order valence-corrected chi connectivity index (χ3v) is 5.28. The number of hydrogen-bond donors (Lipinski definition) is 2. The summed E-state index contributed by atoms with van der Waals surface area (Å²) in [6, 6.07) is 8.42. The fourth-order valence-corrected chi connectivity index (χ4v) is 3.57. The van der Waals surface area contributed by atoms with Crippen molar-refractivity contribution in [3.8, 4) is 17.2 Å². The molecular formula is C20H29Cl2N3O5S. The molecule has 0 saturated heterocycles. The number of rotatable bonds is 11. The number of hydrogen-bond acceptors (Lipinski definition) is 7. The maximum atomic E-state index is 11.3. The van der Waals surface area contributed by atoms with Crippen LogP contribution in [-0.4, -0.2) is 60.5 Å². The van der Waals surface area contributed by atoms with Gasteiger partial charge in [0.2, 0.25) is 10.0 Å². The molecule has 0 aliphatic rings. The van der Waals surface area contributed by atoms with Crippen LogP contribution in [0.5, 0.6) is 17.2 Å². The number of methoxy groups -OCH3 is 2. The molecule has 0 fully saturated rings. The van der Waals surface area contributed by atoms with E-state index in [1.807, 2.05) is 13.1 Å². The summed E-state index contributed by atoms with van der Waals surface area (Å²) in [5.41, 5.74) is 8.15. The van der Waals surface area contributed by atoms with Gasteiger partial charge in [-0.25, -0.2) is 8.42 Å². The van der Waals surface area contributed by atoms with Gasteiger partial charge in [0, 0.05) is 24.8 Å². The Labute approximate surface area is 195 Å². The van der Waals surface area contributed by atoms with Crippen LogP contribution >= 0.6 is 24.0 Å².